The maximum atomic E-state index is 8.57. The van der Waals surface area contributed by atoms with Crippen LogP contribution in [0, 0.1) is 0 Å². The number of hydrogen-bond donors (Lipinski definition) is 1. The first-order chi connectivity index (χ1) is 10.7. The predicted molar refractivity (Wildman–Crippen MR) is 99.5 cm³/mol. The number of aliphatic hydroxyl groups excluding tert-OH is 1. The summed E-state index contributed by atoms with van der Waals surface area (Å²) < 4.78 is 0. The highest BCUT2D eigenvalue weighted by Gasteiger charge is 1.93. The van der Waals surface area contributed by atoms with E-state index in [1.165, 1.54) is 63.4 Å². The van der Waals surface area contributed by atoms with Gasteiger partial charge in [0.1, 0.15) is 0 Å². The lowest BCUT2D eigenvalue weighted by atomic mass is 10.0. The number of benzene rings is 1. The molecule has 0 saturated heterocycles. The first-order valence-corrected chi connectivity index (χ1v) is 9.38. The van der Waals surface area contributed by atoms with E-state index in [1.807, 2.05) is 6.07 Å². The van der Waals surface area contributed by atoms with Crippen LogP contribution in [-0.4, -0.2) is 11.7 Å². The zero-order valence-corrected chi connectivity index (χ0v) is 15.2. The third kappa shape index (κ3) is 14.1. The largest absolute Gasteiger partial charge is 0.396 e. The van der Waals surface area contributed by atoms with Crippen LogP contribution < -0.4 is 0 Å². The van der Waals surface area contributed by atoms with Crippen LogP contribution in [0.1, 0.15) is 96.5 Å². The van der Waals surface area contributed by atoms with E-state index in [9.17, 15) is 0 Å². The Bertz CT molecular complexity index is 295. The summed E-state index contributed by atoms with van der Waals surface area (Å²) in [5.74, 6) is 0.659. The van der Waals surface area contributed by atoms with Crippen molar-refractivity contribution in [2.45, 2.75) is 90.9 Å². The molecule has 0 saturated carbocycles. The number of hydrogen-bond acceptors (Lipinski definition) is 1. The Morgan fingerprint density at radius 1 is 0.727 bits per heavy atom. The van der Waals surface area contributed by atoms with Crippen LogP contribution >= 0.6 is 0 Å². The van der Waals surface area contributed by atoms with Gasteiger partial charge in [0, 0.05) is 6.61 Å². The van der Waals surface area contributed by atoms with E-state index in [2.05, 4.69) is 45.0 Å². The minimum atomic E-state index is 0.372. The van der Waals surface area contributed by atoms with Crippen LogP contribution in [0.3, 0.4) is 0 Å². The summed E-state index contributed by atoms with van der Waals surface area (Å²) in [6.45, 7) is 7.04. The molecule has 0 spiro atoms. The normalized spacial score (nSPS) is 10.4. The monoisotopic (exact) mass is 306 g/mol. The minimum Gasteiger partial charge on any atom is -0.396 e. The van der Waals surface area contributed by atoms with E-state index in [0.29, 0.717) is 12.5 Å². The molecule has 1 heteroatoms. The molecular weight excluding hydrogens is 268 g/mol. The Morgan fingerprint density at radius 2 is 1.18 bits per heavy atom. The maximum absolute atomic E-state index is 8.57. The summed E-state index contributed by atoms with van der Waals surface area (Å²) in [7, 11) is 0. The molecule has 1 aromatic carbocycles. The zero-order valence-electron chi connectivity index (χ0n) is 15.2. The highest BCUT2D eigenvalue weighted by atomic mass is 16.2. The second-order valence-corrected chi connectivity index (χ2v) is 6.47. The van der Waals surface area contributed by atoms with Gasteiger partial charge in [-0.2, -0.15) is 0 Å². The van der Waals surface area contributed by atoms with Gasteiger partial charge in [-0.25, -0.2) is 0 Å². The van der Waals surface area contributed by atoms with Crippen molar-refractivity contribution in [2.75, 3.05) is 6.61 Å². The second-order valence-electron chi connectivity index (χ2n) is 6.47. The summed E-state index contributed by atoms with van der Waals surface area (Å²) in [6.07, 6.45) is 13.3. The van der Waals surface area contributed by atoms with Crippen LogP contribution in [-0.2, 0) is 0 Å². The Morgan fingerprint density at radius 3 is 1.55 bits per heavy atom. The third-order valence-electron chi connectivity index (χ3n) is 3.98. The van der Waals surface area contributed by atoms with Gasteiger partial charge < -0.3 is 5.11 Å². The van der Waals surface area contributed by atoms with Crippen molar-refractivity contribution in [3.8, 4) is 0 Å². The fourth-order valence-corrected chi connectivity index (χ4v) is 2.44. The molecule has 0 aliphatic heterocycles. The molecule has 0 aliphatic rings. The molecule has 1 aromatic rings. The topological polar surface area (TPSA) is 20.2 Å². The molecule has 0 aliphatic carbocycles. The van der Waals surface area contributed by atoms with Crippen molar-refractivity contribution in [2.24, 2.45) is 0 Å². The van der Waals surface area contributed by atoms with Gasteiger partial charge in [0.25, 0.3) is 0 Å². The van der Waals surface area contributed by atoms with Crippen molar-refractivity contribution in [1.82, 2.24) is 0 Å². The minimum absolute atomic E-state index is 0.372. The van der Waals surface area contributed by atoms with Crippen molar-refractivity contribution < 1.29 is 5.11 Å². The molecule has 128 valence electrons. The van der Waals surface area contributed by atoms with E-state index in [-0.39, 0.29) is 0 Å². The summed E-state index contributed by atoms with van der Waals surface area (Å²) >= 11 is 0. The van der Waals surface area contributed by atoms with Gasteiger partial charge in [0.2, 0.25) is 0 Å². The van der Waals surface area contributed by atoms with Gasteiger partial charge in [0.15, 0.2) is 0 Å². The molecule has 1 nitrogen and oxygen atoms in total. The van der Waals surface area contributed by atoms with Crippen LogP contribution in [0.2, 0.25) is 0 Å². The van der Waals surface area contributed by atoms with Gasteiger partial charge in [-0.1, -0.05) is 109 Å². The highest BCUT2D eigenvalue weighted by molar-refractivity contribution is 5.17. The SMILES string of the molecule is CC(C)c1ccccc1.CCCCCCCCCCCCO. The Hall–Kier alpha value is -0.820. The van der Waals surface area contributed by atoms with Crippen LogP contribution in [0.15, 0.2) is 30.3 Å². The smallest absolute Gasteiger partial charge is 0.0431 e. The van der Waals surface area contributed by atoms with Gasteiger partial charge in [-0.05, 0) is 17.9 Å². The lowest BCUT2D eigenvalue weighted by molar-refractivity contribution is 0.282. The van der Waals surface area contributed by atoms with Gasteiger partial charge in [-0.15, -0.1) is 0 Å². The lowest BCUT2D eigenvalue weighted by Gasteiger charge is -2.01. The highest BCUT2D eigenvalue weighted by Crippen LogP contribution is 2.12. The zero-order chi connectivity index (χ0) is 16.5. The standard InChI is InChI=1S/C12H26O.C9H12/c1-2-3-4-5-6-7-8-9-10-11-12-13;1-8(2)9-6-4-3-5-7-9/h13H,2-12H2,1H3;3-8H,1-2H3. The summed E-state index contributed by atoms with van der Waals surface area (Å²) in [4.78, 5) is 0. The van der Waals surface area contributed by atoms with Gasteiger partial charge >= 0.3 is 0 Å². The van der Waals surface area contributed by atoms with Gasteiger partial charge in [-0.3, -0.25) is 0 Å². The molecule has 0 atom stereocenters. The van der Waals surface area contributed by atoms with Crippen molar-refractivity contribution in [3.05, 3.63) is 35.9 Å². The quantitative estimate of drug-likeness (QED) is 0.450. The Kier molecular flexibility index (Phi) is 15.9. The molecule has 0 amide bonds. The maximum Gasteiger partial charge on any atom is 0.0431 e. The van der Waals surface area contributed by atoms with E-state index in [0.717, 1.165) is 6.42 Å². The molecule has 0 unspecified atom stereocenters. The van der Waals surface area contributed by atoms with Crippen LogP contribution in [0.4, 0.5) is 0 Å². The molecular formula is C21H38O. The van der Waals surface area contributed by atoms with Crippen molar-refractivity contribution >= 4 is 0 Å². The van der Waals surface area contributed by atoms with Gasteiger partial charge in [0.05, 0.1) is 0 Å². The summed E-state index contributed by atoms with van der Waals surface area (Å²) in [5, 5.41) is 8.57. The summed E-state index contributed by atoms with van der Waals surface area (Å²) in [5.41, 5.74) is 1.41. The van der Waals surface area contributed by atoms with Crippen LogP contribution in [0.5, 0.6) is 0 Å². The molecule has 0 bridgehead atoms. The lowest BCUT2D eigenvalue weighted by Crippen LogP contribution is -1.84. The second kappa shape index (κ2) is 16.5. The van der Waals surface area contributed by atoms with Crippen LogP contribution in [0.25, 0.3) is 0 Å². The summed E-state index contributed by atoms with van der Waals surface area (Å²) in [6, 6.07) is 10.5. The van der Waals surface area contributed by atoms with E-state index in [4.69, 9.17) is 5.11 Å². The molecule has 1 N–H and O–H groups in total. The number of unbranched alkanes of at least 4 members (excludes halogenated alkanes) is 9. The van der Waals surface area contributed by atoms with Crippen molar-refractivity contribution in [1.29, 1.82) is 0 Å². The molecule has 0 heterocycles. The number of rotatable bonds is 11. The predicted octanol–water partition coefficient (Wildman–Crippen LogP) is 6.71. The molecule has 0 radical (unpaired) electrons. The first kappa shape index (κ1) is 21.2. The average Bonchev–Trinajstić information content (AvgIpc) is 2.55. The average molecular weight is 307 g/mol. The van der Waals surface area contributed by atoms with E-state index in [1.54, 1.807) is 0 Å². The fourth-order valence-electron chi connectivity index (χ4n) is 2.44. The molecule has 22 heavy (non-hydrogen) atoms. The van der Waals surface area contributed by atoms with E-state index < -0.39 is 0 Å². The first-order valence-electron chi connectivity index (χ1n) is 9.38. The fraction of sp³-hybridized carbons (Fsp3) is 0.714. The molecule has 0 fully saturated rings. The van der Waals surface area contributed by atoms with E-state index >= 15 is 0 Å². The Balaban J connectivity index is 0.000000425. The molecule has 0 aromatic heterocycles. The molecule has 1 rings (SSSR count). The van der Waals surface area contributed by atoms with Crippen molar-refractivity contribution in [3.63, 3.8) is 0 Å². The third-order valence-corrected chi connectivity index (χ3v) is 3.98. The number of aliphatic hydroxyl groups is 1. The Labute approximate surface area is 139 Å².